The van der Waals surface area contributed by atoms with Crippen LogP contribution >= 0.6 is 0 Å². The predicted octanol–water partition coefficient (Wildman–Crippen LogP) is 1.55. The van der Waals surface area contributed by atoms with Gasteiger partial charge in [-0.05, 0) is 19.1 Å². The first kappa shape index (κ1) is 8.74. The number of nitrogens with zero attached hydrogens (tertiary/aromatic N) is 2. The molecule has 2 aromatic rings. The number of rotatable bonds is 2. The summed E-state index contributed by atoms with van der Waals surface area (Å²) in [6.45, 7) is 1.80. The highest BCUT2D eigenvalue weighted by Gasteiger charge is 2.16. The minimum atomic E-state index is -0.189. The van der Waals surface area contributed by atoms with Crippen LogP contribution in [0.15, 0.2) is 28.9 Å². The van der Waals surface area contributed by atoms with Crippen molar-refractivity contribution >= 4 is 5.78 Å². The smallest absolute Gasteiger partial charge is 0.263 e. The van der Waals surface area contributed by atoms with Gasteiger partial charge in [0.15, 0.2) is 11.6 Å². The standard InChI is InChI=1S/C10H10N2O2/c1-7-3-4-8(14-7)9(13)10-11-5-6-12(10)2/h3-6H,1-2H3. The number of carbonyl (C=O) groups excluding carboxylic acids is 1. The molecule has 2 heterocycles. The molecule has 0 saturated carbocycles. The zero-order valence-corrected chi connectivity index (χ0v) is 8.02. The van der Waals surface area contributed by atoms with Crippen molar-refractivity contribution in [3.8, 4) is 0 Å². The Kier molecular flexibility index (Phi) is 1.96. The molecule has 0 aliphatic heterocycles. The fourth-order valence-corrected chi connectivity index (χ4v) is 1.25. The summed E-state index contributed by atoms with van der Waals surface area (Å²) in [7, 11) is 1.77. The van der Waals surface area contributed by atoms with Crippen LogP contribution in [0, 0.1) is 6.92 Å². The van der Waals surface area contributed by atoms with Crippen LogP contribution in [0.3, 0.4) is 0 Å². The van der Waals surface area contributed by atoms with E-state index in [2.05, 4.69) is 4.98 Å². The van der Waals surface area contributed by atoms with Crippen molar-refractivity contribution in [2.75, 3.05) is 0 Å². The van der Waals surface area contributed by atoms with Crippen LogP contribution in [0.4, 0.5) is 0 Å². The Morgan fingerprint density at radius 1 is 1.50 bits per heavy atom. The normalized spacial score (nSPS) is 10.4. The number of aromatic nitrogens is 2. The SMILES string of the molecule is Cc1ccc(C(=O)c2nccn2C)o1. The van der Waals surface area contributed by atoms with E-state index in [9.17, 15) is 4.79 Å². The molecule has 72 valence electrons. The minimum absolute atomic E-state index is 0.189. The predicted molar refractivity (Wildman–Crippen MR) is 50.1 cm³/mol. The van der Waals surface area contributed by atoms with E-state index in [0.717, 1.165) is 5.76 Å². The van der Waals surface area contributed by atoms with Gasteiger partial charge in [0.25, 0.3) is 5.78 Å². The molecule has 14 heavy (non-hydrogen) atoms. The molecule has 4 nitrogen and oxygen atoms in total. The largest absolute Gasteiger partial charge is 0.458 e. The maximum atomic E-state index is 11.8. The first-order valence-electron chi connectivity index (χ1n) is 4.27. The van der Waals surface area contributed by atoms with Crippen molar-refractivity contribution in [1.29, 1.82) is 0 Å². The molecule has 0 bridgehead atoms. The number of hydrogen-bond acceptors (Lipinski definition) is 3. The first-order chi connectivity index (χ1) is 6.68. The lowest BCUT2D eigenvalue weighted by Gasteiger charge is -1.96. The van der Waals surface area contributed by atoms with Gasteiger partial charge in [0.2, 0.25) is 0 Å². The van der Waals surface area contributed by atoms with Gasteiger partial charge < -0.3 is 8.98 Å². The maximum absolute atomic E-state index is 11.8. The summed E-state index contributed by atoms with van der Waals surface area (Å²) in [5.74, 6) is 1.25. The van der Waals surface area contributed by atoms with E-state index >= 15 is 0 Å². The monoisotopic (exact) mass is 190 g/mol. The highest BCUT2D eigenvalue weighted by molar-refractivity contribution is 6.04. The van der Waals surface area contributed by atoms with Gasteiger partial charge in [-0.3, -0.25) is 4.79 Å². The number of ketones is 1. The summed E-state index contributed by atoms with van der Waals surface area (Å²) in [5, 5.41) is 0. The van der Waals surface area contributed by atoms with Gasteiger partial charge in [0.1, 0.15) is 5.76 Å². The van der Waals surface area contributed by atoms with Crippen molar-refractivity contribution in [3.05, 3.63) is 41.9 Å². The Morgan fingerprint density at radius 2 is 2.29 bits per heavy atom. The average molecular weight is 190 g/mol. The van der Waals surface area contributed by atoms with Crippen molar-refractivity contribution < 1.29 is 9.21 Å². The van der Waals surface area contributed by atoms with Gasteiger partial charge >= 0.3 is 0 Å². The minimum Gasteiger partial charge on any atom is -0.458 e. The molecule has 0 radical (unpaired) electrons. The lowest BCUT2D eigenvalue weighted by atomic mass is 10.3. The summed E-state index contributed by atoms with van der Waals surface area (Å²) < 4.78 is 6.89. The summed E-state index contributed by atoms with van der Waals surface area (Å²) in [6, 6.07) is 3.42. The fourth-order valence-electron chi connectivity index (χ4n) is 1.25. The Morgan fingerprint density at radius 3 is 2.79 bits per heavy atom. The number of imidazole rings is 1. The van der Waals surface area contributed by atoms with Crippen molar-refractivity contribution in [3.63, 3.8) is 0 Å². The molecule has 0 spiro atoms. The van der Waals surface area contributed by atoms with Crippen LogP contribution in [-0.2, 0) is 7.05 Å². The molecule has 0 saturated heterocycles. The molecular formula is C10H10N2O2. The van der Waals surface area contributed by atoms with Gasteiger partial charge in [-0.15, -0.1) is 0 Å². The molecule has 0 N–H and O–H groups in total. The maximum Gasteiger partial charge on any atom is 0.263 e. The molecule has 4 heteroatoms. The van der Waals surface area contributed by atoms with E-state index in [1.807, 2.05) is 0 Å². The molecule has 2 aromatic heterocycles. The fraction of sp³-hybridized carbons (Fsp3) is 0.200. The Bertz CT molecular complexity index is 468. The number of hydrogen-bond donors (Lipinski definition) is 0. The van der Waals surface area contributed by atoms with Gasteiger partial charge in [0, 0.05) is 19.4 Å². The second-order valence-corrected chi connectivity index (χ2v) is 3.10. The average Bonchev–Trinajstić information content (AvgIpc) is 2.73. The van der Waals surface area contributed by atoms with Gasteiger partial charge in [-0.1, -0.05) is 0 Å². The summed E-state index contributed by atoms with van der Waals surface area (Å²) in [4.78, 5) is 15.7. The summed E-state index contributed by atoms with van der Waals surface area (Å²) in [6.07, 6.45) is 3.31. The zero-order valence-electron chi connectivity index (χ0n) is 8.02. The number of furan rings is 1. The molecular weight excluding hydrogens is 180 g/mol. The van der Waals surface area contributed by atoms with Crippen LogP contribution in [0.5, 0.6) is 0 Å². The number of carbonyl (C=O) groups is 1. The topological polar surface area (TPSA) is 48.0 Å². The Balaban J connectivity index is 2.38. The zero-order chi connectivity index (χ0) is 10.1. The Hall–Kier alpha value is -1.84. The van der Waals surface area contributed by atoms with E-state index in [1.165, 1.54) is 0 Å². The molecule has 0 fully saturated rings. The van der Waals surface area contributed by atoms with Gasteiger partial charge in [0.05, 0.1) is 0 Å². The van der Waals surface area contributed by atoms with Gasteiger partial charge in [-0.25, -0.2) is 4.98 Å². The molecule has 2 rings (SSSR count). The van der Waals surface area contributed by atoms with Crippen LogP contribution in [0.2, 0.25) is 0 Å². The van der Waals surface area contributed by atoms with Crippen molar-refractivity contribution in [1.82, 2.24) is 9.55 Å². The first-order valence-corrected chi connectivity index (χ1v) is 4.27. The molecule has 0 atom stereocenters. The molecule has 0 aromatic carbocycles. The van der Waals surface area contributed by atoms with Crippen LogP contribution in [0.25, 0.3) is 0 Å². The van der Waals surface area contributed by atoms with E-state index in [4.69, 9.17) is 4.42 Å². The Labute approximate surface area is 81.2 Å². The lowest BCUT2D eigenvalue weighted by molar-refractivity contribution is 0.0995. The second-order valence-electron chi connectivity index (χ2n) is 3.10. The third kappa shape index (κ3) is 1.35. The molecule has 0 aliphatic carbocycles. The molecule has 0 amide bonds. The lowest BCUT2D eigenvalue weighted by Crippen LogP contribution is -2.07. The molecule has 0 unspecified atom stereocenters. The van der Waals surface area contributed by atoms with Gasteiger partial charge in [-0.2, -0.15) is 0 Å². The highest BCUT2D eigenvalue weighted by atomic mass is 16.3. The molecule has 0 aliphatic rings. The second kappa shape index (κ2) is 3.14. The van der Waals surface area contributed by atoms with E-state index in [0.29, 0.717) is 11.6 Å². The van der Waals surface area contributed by atoms with E-state index in [1.54, 1.807) is 43.1 Å². The third-order valence-electron chi connectivity index (χ3n) is 1.99. The summed E-state index contributed by atoms with van der Waals surface area (Å²) in [5.41, 5.74) is 0. The van der Waals surface area contributed by atoms with Crippen LogP contribution in [-0.4, -0.2) is 15.3 Å². The van der Waals surface area contributed by atoms with E-state index < -0.39 is 0 Å². The van der Waals surface area contributed by atoms with Crippen molar-refractivity contribution in [2.45, 2.75) is 6.92 Å². The summed E-state index contributed by atoms with van der Waals surface area (Å²) >= 11 is 0. The number of aryl methyl sites for hydroxylation is 2. The van der Waals surface area contributed by atoms with Crippen molar-refractivity contribution in [2.24, 2.45) is 7.05 Å². The quantitative estimate of drug-likeness (QED) is 0.675. The van der Waals surface area contributed by atoms with Crippen LogP contribution < -0.4 is 0 Å². The van der Waals surface area contributed by atoms with Crippen LogP contribution in [0.1, 0.15) is 22.1 Å². The highest BCUT2D eigenvalue weighted by Crippen LogP contribution is 2.10. The van der Waals surface area contributed by atoms with E-state index in [-0.39, 0.29) is 5.78 Å². The third-order valence-corrected chi connectivity index (χ3v) is 1.99.